The third-order valence-corrected chi connectivity index (χ3v) is 4.34. The van der Waals surface area contributed by atoms with E-state index in [9.17, 15) is 9.59 Å². The van der Waals surface area contributed by atoms with Crippen molar-refractivity contribution in [3.8, 4) is 0 Å². The van der Waals surface area contributed by atoms with Crippen molar-refractivity contribution in [1.29, 1.82) is 0 Å². The molecule has 0 saturated carbocycles. The van der Waals surface area contributed by atoms with Crippen molar-refractivity contribution in [2.24, 2.45) is 0 Å². The van der Waals surface area contributed by atoms with Crippen molar-refractivity contribution in [2.75, 3.05) is 5.32 Å². The lowest BCUT2D eigenvalue weighted by molar-refractivity contribution is -0.114. The number of benzene rings is 1. The van der Waals surface area contributed by atoms with Gasteiger partial charge >= 0.3 is 0 Å². The zero-order valence-corrected chi connectivity index (χ0v) is 12.2. The predicted octanol–water partition coefficient (Wildman–Crippen LogP) is 4.24. The first kappa shape index (κ1) is 14.1. The van der Waals surface area contributed by atoms with Gasteiger partial charge in [0.2, 0.25) is 11.7 Å². The van der Waals surface area contributed by atoms with Gasteiger partial charge in [0.25, 0.3) is 0 Å². The van der Waals surface area contributed by atoms with Crippen molar-refractivity contribution in [3.63, 3.8) is 0 Å². The van der Waals surface area contributed by atoms with Crippen molar-refractivity contribution < 1.29 is 9.59 Å². The summed E-state index contributed by atoms with van der Waals surface area (Å²) >= 11 is 13.0. The normalized spacial score (nSPS) is 10.3. The number of amides is 1. The number of carbonyl (C=O) groups excluding carboxylic acids is 2. The second-order valence-electron chi connectivity index (χ2n) is 3.77. The van der Waals surface area contributed by atoms with Crippen molar-refractivity contribution in [2.45, 2.75) is 6.92 Å². The quantitative estimate of drug-likeness (QED) is 0.861. The molecule has 0 aliphatic heterocycles. The van der Waals surface area contributed by atoms with E-state index >= 15 is 0 Å². The summed E-state index contributed by atoms with van der Waals surface area (Å²) in [6, 6.07) is 8.74. The zero-order valence-electron chi connectivity index (χ0n) is 9.87. The molecule has 0 aliphatic rings. The molecule has 0 aliphatic carbocycles. The lowest BCUT2D eigenvalue weighted by Gasteiger charge is -2.04. The van der Waals surface area contributed by atoms with E-state index in [1.807, 2.05) is 6.07 Å². The Morgan fingerprint density at radius 2 is 1.79 bits per heavy atom. The van der Waals surface area contributed by atoms with Gasteiger partial charge < -0.3 is 5.32 Å². The smallest absolute Gasteiger partial charge is 0.221 e. The summed E-state index contributed by atoms with van der Waals surface area (Å²) in [6.07, 6.45) is 0. The minimum absolute atomic E-state index is 0.196. The van der Waals surface area contributed by atoms with E-state index in [-0.39, 0.29) is 26.7 Å². The molecule has 0 saturated heterocycles. The van der Waals surface area contributed by atoms with Gasteiger partial charge in [-0.1, -0.05) is 53.5 Å². The molecule has 0 fully saturated rings. The first-order valence-corrected chi connectivity index (χ1v) is 6.93. The van der Waals surface area contributed by atoms with Crippen LogP contribution in [0.15, 0.2) is 30.3 Å². The summed E-state index contributed by atoms with van der Waals surface area (Å²) in [5.74, 6) is -0.526. The van der Waals surface area contributed by atoms with E-state index in [0.717, 1.165) is 11.3 Å². The van der Waals surface area contributed by atoms with E-state index < -0.39 is 0 Å². The topological polar surface area (TPSA) is 46.2 Å². The molecule has 2 aromatic rings. The maximum absolute atomic E-state index is 12.4. The van der Waals surface area contributed by atoms with Crippen LogP contribution in [0.2, 0.25) is 9.36 Å². The van der Waals surface area contributed by atoms with Crippen LogP contribution >= 0.6 is 34.5 Å². The molecule has 2 rings (SSSR count). The van der Waals surface area contributed by atoms with Crippen molar-refractivity contribution >= 4 is 51.9 Å². The SMILES string of the molecule is CC(=O)Nc1c(C(=O)c2ccccc2)sc(Cl)c1Cl. The number of hydrogen-bond acceptors (Lipinski definition) is 3. The first-order chi connectivity index (χ1) is 9.00. The standard InChI is InChI=1S/C13H9Cl2NO2S/c1-7(17)16-10-9(14)13(15)19-12(10)11(18)8-5-3-2-4-6-8/h2-6H,1H3,(H,16,17). The van der Waals surface area contributed by atoms with Crippen LogP contribution in [-0.2, 0) is 4.79 Å². The fraction of sp³-hybridized carbons (Fsp3) is 0.0769. The lowest BCUT2D eigenvalue weighted by Crippen LogP contribution is -2.09. The summed E-state index contributed by atoms with van der Waals surface area (Å²) < 4.78 is 0.282. The number of thiophene rings is 1. The Kier molecular flexibility index (Phi) is 4.24. The molecule has 1 aromatic carbocycles. The van der Waals surface area contributed by atoms with Crippen molar-refractivity contribution in [1.82, 2.24) is 0 Å². The van der Waals surface area contributed by atoms with Gasteiger partial charge in [0.15, 0.2) is 0 Å². The van der Waals surface area contributed by atoms with E-state index in [2.05, 4.69) is 5.32 Å². The first-order valence-electron chi connectivity index (χ1n) is 5.36. The molecule has 1 N–H and O–H groups in total. The molecule has 0 bridgehead atoms. The number of halogens is 2. The molecule has 19 heavy (non-hydrogen) atoms. The third kappa shape index (κ3) is 2.97. The average Bonchev–Trinajstić information content (AvgIpc) is 2.67. The Balaban J connectivity index is 2.48. The molecule has 1 amide bonds. The zero-order chi connectivity index (χ0) is 14.0. The van der Waals surface area contributed by atoms with E-state index in [1.165, 1.54) is 6.92 Å². The van der Waals surface area contributed by atoms with Crippen LogP contribution in [0.25, 0.3) is 0 Å². The summed E-state index contributed by atoms with van der Waals surface area (Å²) in [4.78, 5) is 23.9. The second-order valence-corrected chi connectivity index (χ2v) is 5.77. The molecule has 98 valence electrons. The predicted molar refractivity (Wildman–Crippen MR) is 78.5 cm³/mol. The van der Waals surface area contributed by atoms with Crippen LogP contribution in [-0.4, -0.2) is 11.7 Å². The van der Waals surface area contributed by atoms with Gasteiger partial charge in [-0.25, -0.2) is 0 Å². The molecule has 0 spiro atoms. The number of anilines is 1. The van der Waals surface area contributed by atoms with Gasteiger partial charge in [-0.2, -0.15) is 0 Å². The monoisotopic (exact) mass is 313 g/mol. The third-order valence-electron chi connectivity index (χ3n) is 2.35. The maximum atomic E-state index is 12.4. The van der Waals surface area contributed by atoms with Gasteiger partial charge in [-0.05, 0) is 0 Å². The Morgan fingerprint density at radius 3 is 2.37 bits per heavy atom. The Morgan fingerprint density at radius 1 is 1.16 bits per heavy atom. The molecule has 6 heteroatoms. The number of hydrogen-bond donors (Lipinski definition) is 1. The number of rotatable bonds is 3. The maximum Gasteiger partial charge on any atom is 0.221 e. The van der Waals surface area contributed by atoms with Gasteiger partial charge in [0, 0.05) is 12.5 Å². The van der Waals surface area contributed by atoms with Crippen LogP contribution in [0.3, 0.4) is 0 Å². The van der Waals surface area contributed by atoms with E-state index in [1.54, 1.807) is 24.3 Å². The van der Waals surface area contributed by atoms with Gasteiger partial charge in [0.1, 0.15) is 9.21 Å². The Bertz CT molecular complexity index is 638. The fourth-order valence-electron chi connectivity index (χ4n) is 1.55. The minimum atomic E-state index is -0.307. The summed E-state index contributed by atoms with van der Waals surface area (Å²) in [6.45, 7) is 1.35. The average molecular weight is 314 g/mol. The largest absolute Gasteiger partial charge is 0.324 e. The molecular formula is C13H9Cl2NO2S. The van der Waals surface area contributed by atoms with E-state index in [4.69, 9.17) is 23.2 Å². The highest BCUT2D eigenvalue weighted by Gasteiger charge is 2.22. The van der Waals surface area contributed by atoms with Gasteiger partial charge in [0.05, 0.1) is 10.7 Å². The number of ketones is 1. The highest BCUT2D eigenvalue weighted by Crippen LogP contribution is 2.41. The molecule has 3 nitrogen and oxygen atoms in total. The number of carbonyl (C=O) groups is 2. The fourth-order valence-corrected chi connectivity index (χ4v) is 3.03. The number of nitrogens with one attached hydrogen (secondary N) is 1. The van der Waals surface area contributed by atoms with Gasteiger partial charge in [-0.3, -0.25) is 9.59 Å². The Hall–Kier alpha value is -1.36. The summed E-state index contributed by atoms with van der Waals surface area (Å²) in [5, 5.41) is 2.74. The molecular weight excluding hydrogens is 305 g/mol. The molecule has 0 radical (unpaired) electrons. The van der Waals surface area contributed by atoms with Crippen LogP contribution in [0.5, 0.6) is 0 Å². The van der Waals surface area contributed by atoms with Crippen LogP contribution in [0.1, 0.15) is 22.2 Å². The molecule has 0 unspecified atom stereocenters. The highest BCUT2D eigenvalue weighted by atomic mass is 35.5. The van der Waals surface area contributed by atoms with Crippen LogP contribution < -0.4 is 5.32 Å². The van der Waals surface area contributed by atoms with Crippen LogP contribution in [0.4, 0.5) is 5.69 Å². The van der Waals surface area contributed by atoms with Gasteiger partial charge in [-0.15, -0.1) is 11.3 Å². The second kappa shape index (κ2) is 5.74. The summed E-state index contributed by atoms with van der Waals surface area (Å²) in [7, 11) is 0. The molecule has 1 aromatic heterocycles. The minimum Gasteiger partial charge on any atom is -0.324 e. The van der Waals surface area contributed by atoms with Crippen LogP contribution in [0, 0.1) is 0 Å². The lowest BCUT2D eigenvalue weighted by atomic mass is 10.1. The molecule has 1 heterocycles. The highest BCUT2D eigenvalue weighted by molar-refractivity contribution is 7.19. The molecule has 0 atom stereocenters. The summed E-state index contributed by atoms with van der Waals surface area (Å²) in [5.41, 5.74) is 0.793. The van der Waals surface area contributed by atoms with Crippen molar-refractivity contribution in [3.05, 3.63) is 50.1 Å². The Labute approximate surface area is 124 Å². The van der Waals surface area contributed by atoms with E-state index in [0.29, 0.717) is 10.4 Å².